The summed E-state index contributed by atoms with van der Waals surface area (Å²) in [5, 5.41) is 12.2. The Morgan fingerprint density at radius 2 is 2.11 bits per heavy atom. The summed E-state index contributed by atoms with van der Waals surface area (Å²) in [4.78, 5) is 12.2. The van der Waals surface area contributed by atoms with E-state index in [4.69, 9.17) is 5.73 Å². The van der Waals surface area contributed by atoms with Crippen LogP contribution in [0.1, 0.15) is 46.5 Å². The molecule has 0 aromatic carbocycles. The summed E-state index contributed by atoms with van der Waals surface area (Å²) in [7, 11) is 0. The van der Waals surface area contributed by atoms with Gasteiger partial charge in [-0.05, 0) is 37.5 Å². The minimum Gasteiger partial charge on any atom is -0.394 e. The van der Waals surface area contributed by atoms with Crippen molar-refractivity contribution in [2.45, 2.75) is 58.5 Å². The molecule has 4 nitrogen and oxygen atoms in total. The average Bonchev–Trinajstić information content (AvgIpc) is 2.30. The molecule has 0 heterocycles. The Bertz CT molecular complexity index is 269. The highest BCUT2D eigenvalue weighted by molar-refractivity contribution is 5.79. The van der Waals surface area contributed by atoms with Crippen LogP contribution < -0.4 is 11.1 Å². The highest BCUT2D eigenvalue weighted by Gasteiger charge is 2.32. The fourth-order valence-corrected chi connectivity index (χ4v) is 2.76. The summed E-state index contributed by atoms with van der Waals surface area (Å²) >= 11 is 0. The van der Waals surface area contributed by atoms with Crippen molar-refractivity contribution < 1.29 is 9.90 Å². The molecule has 0 saturated heterocycles. The second-order valence-corrected chi connectivity index (χ2v) is 6.21. The van der Waals surface area contributed by atoms with Gasteiger partial charge in [-0.1, -0.05) is 20.8 Å². The van der Waals surface area contributed by atoms with Crippen molar-refractivity contribution >= 4 is 5.91 Å². The van der Waals surface area contributed by atoms with E-state index < -0.39 is 0 Å². The molecule has 0 bridgehead atoms. The molecule has 4 N–H and O–H groups in total. The van der Waals surface area contributed by atoms with Crippen LogP contribution in [0.25, 0.3) is 0 Å². The lowest BCUT2D eigenvalue weighted by atomic mass is 9.78. The Morgan fingerprint density at radius 3 is 2.67 bits per heavy atom. The number of hydrogen-bond acceptors (Lipinski definition) is 3. The summed E-state index contributed by atoms with van der Waals surface area (Å²) in [5.41, 5.74) is 6.04. The van der Waals surface area contributed by atoms with Crippen molar-refractivity contribution in [3.63, 3.8) is 0 Å². The van der Waals surface area contributed by atoms with Gasteiger partial charge >= 0.3 is 0 Å². The minimum atomic E-state index is -0.137. The van der Waals surface area contributed by atoms with Gasteiger partial charge < -0.3 is 16.2 Å². The van der Waals surface area contributed by atoms with Crippen LogP contribution >= 0.6 is 0 Å². The summed E-state index contributed by atoms with van der Waals surface area (Å²) in [6, 6.07) is -0.165. The van der Waals surface area contributed by atoms with E-state index in [0.717, 1.165) is 25.7 Å². The van der Waals surface area contributed by atoms with Crippen LogP contribution in [-0.4, -0.2) is 29.7 Å². The number of carbonyl (C=O) groups excluding carboxylic acids is 1. The molecule has 0 aliphatic heterocycles. The van der Waals surface area contributed by atoms with Gasteiger partial charge in [0, 0.05) is 6.04 Å². The predicted molar refractivity (Wildman–Crippen MR) is 73.0 cm³/mol. The molecule has 4 heteroatoms. The fraction of sp³-hybridized carbons (Fsp3) is 0.929. The summed E-state index contributed by atoms with van der Waals surface area (Å²) < 4.78 is 0. The van der Waals surface area contributed by atoms with Gasteiger partial charge in [0.2, 0.25) is 5.91 Å². The second-order valence-electron chi connectivity index (χ2n) is 6.21. The third-order valence-electron chi connectivity index (χ3n) is 3.83. The van der Waals surface area contributed by atoms with E-state index in [2.05, 4.69) is 26.1 Å². The maximum atomic E-state index is 12.2. The number of nitrogens with two attached hydrogens (primary N) is 1. The molecule has 1 rings (SSSR count). The molecule has 1 aliphatic carbocycles. The van der Waals surface area contributed by atoms with Gasteiger partial charge in [-0.15, -0.1) is 0 Å². The van der Waals surface area contributed by atoms with Gasteiger partial charge in [0.25, 0.3) is 0 Å². The highest BCUT2D eigenvalue weighted by atomic mass is 16.3. The van der Waals surface area contributed by atoms with Crippen molar-refractivity contribution in [1.29, 1.82) is 0 Å². The Morgan fingerprint density at radius 1 is 1.44 bits per heavy atom. The largest absolute Gasteiger partial charge is 0.394 e. The maximum Gasteiger partial charge on any atom is 0.224 e. The summed E-state index contributed by atoms with van der Waals surface area (Å²) in [5.74, 6) is 0.961. The van der Waals surface area contributed by atoms with Crippen LogP contribution in [-0.2, 0) is 4.79 Å². The van der Waals surface area contributed by atoms with Gasteiger partial charge in [0.1, 0.15) is 0 Å². The molecule has 1 amide bonds. The van der Waals surface area contributed by atoms with Gasteiger partial charge in [0.15, 0.2) is 0 Å². The SMILES string of the molecule is CC(C)CC(CO)NC(=O)C1CC(C)CCC1N. The summed E-state index contributed by atoms with van der Waals surface area (Å²) in [6.07, 6.45) is 3.71. The second kappa shape index (κ2) is 7.10. The molecule has 106 valence electrons. The van der Waals surface area contributed by atoms with Gasteiger partial charge in [-0.25, -0.2) is 0 Å². The standard InChI is InChI=1S/C14H28N2O2/c1-9(2)6-11(8-17)16-14(18)12-7-10(3)4-5-13(12)15/h9-13,17H,4-8,15H2,1-3H3,(H,16,18). The zero-order chi connectivity index (χ0) is 13.7. The highest BCUT2D eigenvalue weighted by Crippen LogP contribution is 2.28. The number of amides is 1. The van der Waals surface area contributed by atoms with Crippen molar-refractivity contribution in [2.24, 2.45) is 23.5 Å². The van der Waals surface area contributed by atoms with E-state index >= 15 is 0 Å². The van der Waals surface area contributed by atoms with E-state index in [-0.39, 0.29) is 30.5 Å². The topological polar surface area (TPSA) is 75.3 Å². The predicted octanol–water partition coefficient (Wildman–Crippen LogP) is 1.27. The minimum absolute atomic E-state index is 0.00142. The van der Waals surface area contributed by atoms with Crippen LogP contribution in [0.3, 0.4) is 0 Å². The van der Waals surface area contributed by atoms with Crippen molar-refractivity contribution in [2.75, 3.05) is 6.61 Å². The molecule has 4 unspecified atom stereocenters. The maximum absolute atomic E-state index is 12.2. The first-order valence-electron chi connectivity index (χ1n) is 7.10. The molecule has 1 saturated carbocycles. The van der Waals surface area contributed by atoms with Crippen molar-refractivity contribution in [3.8, 4) is 0 Å². The Balaban J connectivity index is 2.51. The zero-order valence-corrected chi connectivity index (χ0v) is 11.9. The number of hydrogen-bond donors (Lipinski definition) is 3. The molecule has 1 fully saturated rings. The quantitative estimate of drug-likeness (QED) is 0.693. The lowest BCUT2D eigenvalue weighted by Gasteiger charge is -2.32. The van der Waals surface area contributed by atoms with E-state index in [1.54, 1.807) is 0 Å². The molecular weight excluding hydrogens is 228 g/mol. The molecule has 18 heavy (non-hydrogen) atoms. The van der Waals surface area contributed by atoms with E-state index in [9.17, 15) is 9.90 Å². The van der Waals surface area contributed by atoms with Crippen LogP contribution in [0.2, 0.25) is 0 Å². The lowest BCUT2D eigenvalue weighted by Crippen LogP contribution is -2.49. The molecule has 0 radical (unpaired) electrons. The number of carbonyl (C=O) groups is 1. The molecule has 4 atom stereocenters. The van der Waals surface area contributed by atoms with Crippen LogP contribution in [0.15, 0.2) is 0 Å². The number of aliphatic hydroxyl groups excluding tert-OH is 1. The van der Waals surface area contributed by atoms with Crippen LogP contribution in [0.4, 0.5) is 0 Å². The average molecular weight is 256 g/mol. The van der Waals surface area contributed by atoms with E-state index in [1.165, 1.54) is 0 Å². The first kappa shape index (κ1) is 15.4. The number of nitrogens with one attached hydrogen (secondary N) is 1. The lowest BCUT2D eigenvalue weighted by molar-refractivity contribution is -0.128. The first-order chi connectivity index (χ1) is 8.43. The molecule has 0 spiro atoms. The molecule has 1 aliphatic rings. The van der Waals surface area contributed by atoms with Crippen molar-refractivity contribution in [3.05, 3.63) is 0 Å². The Kier molecular flexibility index (Phi) is 6.09. The van der Waals surface area contributed by atoms with Crippen LogP contribution in [0.5, 0.6) is 0 Å². The Hall–Kier alpha value is -0.610. The summed E-state index contributed by atoms with van der Waals surface area (Å²) in [6.45, 7) is 6.34. The van der Waals surface area contributed by atoms with E-state index in [1.807, 2.05) is 0 Å². The van der Waals surface area contributed by atoms with Crippen molar-refractivity contribution in [1.82, 2.24) is 5.32 Å². The first-order valence-corrected chi connectivity index (χ1v) is 7.10. The zero-order valence-electron chi connectivity index (χ0n) is 11.9. The third-order valence-corrected chi connectivity index (χ3v) is 3.83. The van der Waals surface area contributed by atoms with Gasteiger partial charge in [-0.2, -0.15) is 0 Å². The number of rotatable bonds is 5. The Labute approximate surface area is 110 Å². The van der Waals surface area contributed by atoms with E-state index in [0.29, 0.717) is 11.8 Å². The number of aliphatic hydroxyl groups is 1. The van der Waals surface area contributed by atoms with Gasteiger partial charge in [0.05, 0.1) is 18.6 Å². The molecule has 0 aromatic heterocycles. The van der Waals surface area contributed by atoms with Crippen LogP contribution in [0, 0.1) is 17.8 Å². The monoisotopic (exact) mass is 256 g/mol. The third kappa shape index (κ3) is 4.58. The fourth-order valence-electron chi connectivity index (χ4n) is 2.76. The van der Waals surface area contributed by atoms with Gasteiger partial charge in [-0.3, -0.25) is 4.79 Å². The molecule has 0 aromatic rings. The smallest absolute Gasteiger partial charge is 0.224 e. The normalized spacial score (nSPS) is 30.2. The molecular formula is C14H28N2O2.